The van der Waals surface area contributed by atoms with Crippen molar-refractivity contribution >= 4 is 45.0 Å². The normalized spacial score (nSPS) is 11.4. The molecule has 186 valence electrons. The number of anilines is 3. The van der Waals surface area contributed by atoms with Crippen molar-refractivity contribution in [3.05, 3.63) is 89.9 Å². The molecule has 3 heterocycles. The Kier molecular flexibility index (Phi) is 6.40. The maximum Gasteiger partial charge on any atom is 0.416 e. The number of nitrogens with one attached hydrogen (secondary N) is 2. The Bertz CT molecular complexity index is 1590. The van der Waals surface area contributed by atoms with E-state index >= 15 is 0 Å². The van der Waals surface area contributed by atoms with Gasteiger partial charge in [-0.2, -0.15) is 17.5 Å². The number of benzene rings is 2. The summed E-state index contributed by atoms with van der Waals surface area (Å²) in [4.78, 5) is 26.0. The molecule has 37 heavy (non-hydrogen) atoms. The van der Waals surface area contributed by atoms with E-state index in [1.807, 2.05) is 24.3 Å². The zero-order valence-corrected chi connectivity index (χ0v) is 19.9. The molecular weight excluding hydrogens is 505 g/mol. The maximum absolute atomic E-state index is 13.0. The van der Waals surface area contributed by atoms with Gasteiger partial charge in [-0.3, -0.25) is 9.78 Å². The first kappa shape index (κ1) is 24.1. The fraction of sp³-hybridized carbons (Fsp3) is 0.0800. The zero-order chi connectivity index (χ0) is 26.0. The predicted molar refractivity (Wildman–Crippen MR) is 133 cm³/mol. The van der Waals surface area contributed by atoms with Crippen LogP contribution in [0.4, 0.5) is 29.7 Å². The highest BCUT2D eigenvalue weighted by atomic mass is 32.1. The first-order valence-corrected chi connectivity index (χ1v) is 11.6. The van der Waals surface area contributed by atoms with Crippen LogP contribution in [0.25, 0.3) is 11.0 Å². The fourth-order valence-electron chi connectivity index (χ4n) is 3.42. The number of para-hydroxylation sites is 2. The van der Waals surface area contributed by atoms with Crippen LogP contribution in [-0.4, -0.2) is 25.2 Å². The Balaban J connectivity index is 1.28. The standard InChI is InChI=1S/C25H17F3N6O2S/c1-14-22(24(37-34-14)33-20-13-29-18-7-2-3-8-19(18)32-20)23(35)31-16-9-10-21(30-12-16)36-17-6-4-5-15(11-17)25(26,27)28/h2-13H,1H3,(H,31,35)(H,32,33). The second-order valence-corrected chi connectivity index (χ2v) is 8.58. The molecule has 0 saturated carbocycles. The van der Waals surface area contributed by atoms with E-state index in [9.17, 15) is 18.0 Å². The number of nitrogens with zero attached hydrogens (tertiary/aromatic N) is 4. The molecule has 0 unspecified atom stereocenters. The van der Waals surface area contributed by atoms with Crippen LogP contribution < -0.4 is 15.4 Å². The van der Waals surface area contributed by atoms with E-state index in [4.69, 9.17) is 4.74 Å². The first-order chi connectivity index (χ1) is 17.8. The number of halogens is 3. The number of alkyl halides is 3. The van der Waals surface area contributed by atoms with Crippen molar-refractivity contribution in [2.24, 2.45) is 0 Å². The second kappa shape index (κ2) is 9.82. The molecule has 0 spiro atoms. The van der Waals surface area contributed by atoms with E-state index in [0.717, 1.165) is 29.2 Å². The lowest BCUT2D eigenvalue weighted by molar-refractivity contribution is -0.137. The first-order valence-electron chi connectivity index (χ1n) is 10.8. The average Bonchev–Trinajstić information content (AvgIpc) is 3.24. The lowest BCUT2D eigenvalue weighted by atomic mass is 10.2. The van der Waals surface area contributed by atoms with Crippen molar-refractivity contribution in [2.75, 3.05) is 10.6 Å². The van der Waals surface area contributed by atoms with Crippen LogP contribution in [0.5, 0.6) is 11.6 Å². The van der Waals surface area contributed by atoms with Gasteiger partial charge in [0.15, 0.2) is 0 Å². The molecule has 0 saturated heterocycles. The molecule has 2 aromatic carbocycles. The van der Waals surface area contributed by atoms with Crippen LogP contribution in [0.15, 0.2) is 73.1 Å². The predicted octanol–water partition coefficient (Wildman–Crippen LogP) is 6.60. The number of carbonyl (C=O) groups is 1. The maximum atomic E-state index is 13.0. The van der Waals surface area contributed by atoms with E-state index in [2.05, 4.69) is 30.0 Å². The summed E-state index contributed by atoms with van der Waals surface area (Å²) in [6, 6.07) is 14.9. The molecule has 0 aliphatic rings. The summed E-state index contributed by atoms with van der Waals surface area (Å²) < 4.78 is 48.4. The minimum atomic E-state index is -4.48. The highest BCUT2D eigenvalue weighted by molar-refractivity contribution is 7.10. The van der Waals surface area contributed by atoms with Crippen molar-refractivity contribution in [3.63, 3.8) is 0 Å². The Morgan fingerprint density at radius 2 is 1.78 bits per heavy atom. The van der Waals surface area contributed by atoms with Gasteiger partial charge in [0, 0.05) is 6.07 Å². The van der Waals surface area contributed by atoms with Gasteiger partial charge in [0.2, 0.25) is 5.88 Å². The molecule has 0 bridgehead atoms. The van der Waals surface area contributed by atoms with Crippen LogP contribution in [0, 0.1) is 6.92 Å². The summed E-state index contributed by atoms with van der Waals surface area (Å²) in [6.07, 6.45) is -1.56. The van der Waals surface area contributed by atoms with Gasteiger partial charge in [0.25, 0.3) is 5.91 Å². The molecule has 1 amide bonds. The lowest BCUT2D eigenvalue weighted by Gasteiger charge is -2.10. The van der Waals surface area contributed by atoms with Crippen LogP contribution in [-0.2, 0) is 6.18 Å². The van der Waals surface area contributed by atoms with Gasteiger partial charge >= 0.3 is 6.18 Å². The molecule has 2 N–H and O–H groups in total. The summed E-state index contributed by atoms with van der Waals surface area (Å²) in [6.45, 7) is 1.72. The monoisotopic (exact) mass is 522 g/mol. The summed E-state index contributed by atoms with van der Waals surface area (Å²) in [7, 11) is 0. The van der Waals surface area contributed by atoms with Gasteiger partial charge in [0.1, 0.15) is 16.6 Å². The topological polar surface area (TPSA) is 102 Å². The van der Waals surface area contributed by atoms with Crippen molar-refractivity contribution in [1.29, 1.82) is 0 Å². The summed E-state index contributed by atoms with van der Waals surface area (Å²) >= 11 is 1.12. The van der Waals surface area contributed by atoms with Crippen LogP contribution in [0.1, 0.15) is 21.6 Å². The Morgan fingerprint density at radius 1 is 0.973 bits per heavy atom. The second-order valence-electron chi connectivity index (χ2n) is 7.81. The van der Waals surface area contributed by atoms with Crippen molar-refractivity contribution in [3.8, 4) is 11.6 Å². The van der Waals surface area contributed by atoms with E-state index < -0.39 is 17.6 Å². The third-order valence-corrected chi connectivity index (χ3v) is 6.01. The van der Waals surface area contributed by atoms with E-state index in [1.165, 1.54) is 30.5 Å². The van der Waals surface area contributed by atoms with Gasteiger partial charge in [-0.1, -0.05) is 18.2 Å². The highest BCUT2D eigenvalue weighted by Gasteiger charge is 2.30. The average molecular weight is 523 g/mol. The lowest BCUT2D eigenvalue weighted by Crippen LogP contribution is -2.14. The number of hydrogen-bond donors (Lipinski definition) is 2. The molecule has 12 heteroatoms. The van der Waals surface area contributed by atoms with Gasteiger partial charge < -0.3 is 15.4 Å². The van der Waals surface area contributed by atoms with Gasteiger partial charge in [-0.05, 0) is 54.9 Å². The minimum Gasteiger partial charge on any atom is -0.439 e. The van der Waals surface area contributed by atoms with Gasteiger partial charge in [0.05, 0.1) is 45.9 Å². The smallest absolute Gasteiger partial charge is 0.416 e. The molecule has 0 radical (unpaired) electrons. The number of hydrogen-bond acceptors (Lipinski definition) is 8. The number of aromatic nitrogens is 4. The fourth-order valence-corrected chi connectivity index (χ4v) is 4.22. The third kappa shape index (κ3) is 5.48. The van der Waals surface area contributed by atoms with E-state index in [0.29, 0.717) is 33.3 Å². The minimum absolute atomic E-state index is 0.00779. The molecule has 3 aromatic heterocycles. The van der Waals surface area contributed by atoms with E-state index in [-0.39, 0.29) is 11.6 Å². The Hall–Kier alpha value is -4.58. The number of carbonyl (C=O) groups excluding carboxylic acids is 1. The quantitative estimate of drug-likeness (QED) is 0.259. The molecular formula is C25H17F3N6O2S. The van der Waals surface area contributed by atoms with Crippen LogP contribution in [0.2, 0.25) is 0 Å². The van der Waals surface area contributed by atoms with Crippen LogP contribution >= 0.6 is 11.5 Å². The highest BCUT2D eigenvalue weighted by Crippen LogP contribution is 2.33. The largest absolute Gasteiger partial charge is 0.439 e. The van der Waals surface area contributed by atoms with Gasteiger partial charge in [-0.15, -0.1) is 0 Å². The zero-order valence-electron chi connectivity index (χ0n) is 19.1. The summed E-state index contributed by atoms with van der Waals surface area (Å²) in [5.41, 5.74) is 1.86. The summed E-state index contributed by atoms with van der Waals surface area (Å²) in [5, 5.41) is 6.35. The number of rotatable bonds is 6. The van der Waals surface area contributed by atoms with Crippen molar-refractivity contribution in [1.82, 2.24) is 19.3 Å². The molecule has 0 aliphatic carbocycles. The number of pyridine rings is 1. The van der Waals surface area contributed by atoms with Gasteiger partial charge in [-0.25, -0.2) is 9.97 Å². The molecule has 5 rings (SSSR count). The molecule has 0 aliphatic heterocycles. The number of amides is 1. The summed E-state index contributed by atoms with van der Waals surface area (Å²) in [5.74, 6) is 0.111. The van der Waals surface area contributed by atoms with Crippen molar-refractivity contribution in [2.45, 2.75) is 13.1 Å². The van der Waals surface area contributed by atoms with Crippen LogP contribution in [0.3, 0.4) is 0 Å². The van der Waals surface area contributed by atoms with Crippen molar-refractivity contribution < 1.29 is 22.7 Å². The molecule has 5 aromatic rings. The number of ether oxygens (including phenoxy) is 1. The molecule has 0 fully saturated rings. The van der Waals surface area contributed by atoms with E-state index in [1.54, 1.807) is 13.1 Å². The Morgan fingerprint density at radius 3 is 2.54 bits per heavy atom. The molecule has 8 nitrogen and oxygen atoms in total. The molecule has 0 atom stereocenters. The SMILES string of the molecule is Cc1nsc(Nc2cnc3ccccc3n2)c1C(=O)Nc1ccc(Oc2cccc(C(F)(F)F)c2)nc1. The number of aryl methyl sites for hydroxylation is 1. The number of fused-ring (bicyclic) bond motifs is 1. The third-order valence-electron chi connectivity index (χ3n) is 5.16. The Labute approximate surface area is 212 Å².